The molecule has 8 heteroatoms. The fourth-order valence-corrected chi connectivity index (χ4v) is 3.08. The van der Waals surface area contributed by atoms with Crippen molar-refractivity contribution in [2.75, 3.05) is 11.9 Å². The lowest BCUT2D eigenvalue weighted by Crippen LogP contribution is -2.54. The SMILES string of the molecule is CC(NC(C)(C)C)C(=O)N[C@@H](CCCNC(N)=O)C(=O)Nc1ccc(C(C)(C)C)cc1. The molecule has 1 rings (SSSR count). The Bertz CT molecular complexity index is 748. The fourth-order valence-electron chi connectivity index (χ4n) is 3.08. The summed E-state index contributed by atoms with van der Waals surface area (Å²) in [5, 5.41) is 11.4. The van der Waals surface area contributed by atoms with Crippen LogP contribution < -0.4 is 27.0 Å². The highest BCUT2D eigenvalue weighted by Crippen LogP contribution is 2.23. The molecule has 31 heavy (non-hydrogen) atoms. The van der Waals surface area contributed by atoms with Gasteiger partial charge in [-0.2, -0.15) is 0 Å². The van der Waals surface area contributed by atoms with Crippen LogP contribution >= 0.6 is 0 Å². The van der Waals surface area contributed by atoms with Crippen molar-refractivity contribution in [3.63, 3.8) is 0 Å². The number of nitrogens with two attached hydrogens (primary N) is 1. The number of carbonyl (C=O) groups is 3. The number of carbonyl (C=O) groups excluding carboxylic acids is 3. The van der Waals surface area contributed by atoms with E-state index < -0.39 is 18.1 Å². The highest BCUT2D eigenvalue weighted by molar-refractivity contribution is 5.97. The van der Waals surface area contributed by atoms with Gasteiger partial charge < -0.3 is 27.0 Å². The van der Waals surface area contributed by atoms with E-state index in [1.807, 2.05) is 45.0 Å². The Kier molecular flexibility index (Phi) is 9.49. The largest absolute Gasteiger partial charge is 0.352 e. The van der Waals surface area contributed by atoms with Crippen molar-refractivity contribution in [3.05, 3.63) is 29.8 Å². The monoisotopic (exact) mass is 433 g/mol. The molecule has 8 nitrogen and oxygen atoms in total. The lowest BCUT2D eigenvalue weighted by molar-refractivity contribution is -0.128. The summed E-state index contributed by atoms with van der Waals surface area (Å²) >= 11 is 0. The predicted molar refractivity (Wildman–Crippen MR) is 125 cm³/mol. The Morgan fingerprint density at radius 1 is 0.968 bits per heavy atom. The van der Waals surface area contributed by atoms with Gasteiger partial charge in [-0.05, 0) is 63.6 Å². The molecule has 0 spiro atoms. The van der Waals surface area contributed by atoms with Crippen LogP contribution in [0.2, 0.25) is 0 Å². The van der Waals surface area contributed by atoms with Gasteiger partial charge >= 0.3 is 6.03 Å². The molecule has 0 saturated carbocycles. The van der Waals surface area contributed by atoms with Crippen LogP contribution in [0, 0.1) is 0 Å². The quantitative estimate of drug-likeness (QED) is 0.384. The number of primary amides is 1. The van der Waals surface area contributed by atoms with E-state index >= 15 is 0 Å². The van der Waals surface area contributed by atoms with Gasteiger partial charge in [0.1, 0.15) is 6.04 Å². The topological polar surface area (TPSA) is 125 Å². The van der Waals surface area contributed by atoms with Crippen molar-refractivity contribution < 1.29 is 14.4 Å². The van der Waals surface area contributed by atoms with Crippen LogP contribution in [-0.4, -0.2) is 42.0 Å². The van der Waals surface area contributed by atoms with Gasteiger partial charge in [0, 0.05) is 17.8 Å². The number of anilines is 1. The summed E-state index contributed by atoms with van der Waals surface area (Å²) in [5.74, 6) is -0.570. The maximum atomic E-state index is 12.9. The molecule has 0 aromatic heterocycles. The van der Waals surface area contributed by atoms with Crippen LogP contribution in [0.4, 0.5) is 10.5 Å². The van der Waals surface area contributed by atoms with Crippen LogP contribution in [-0.2, 0) is 15.0 Å². The van der Waals surface area contributed by atoms with E-state index in [9.17, 15) is 14.4 Å². The predicted octanol–water partition coefficient (Wildman–Crippen LogP) is 2.63. The van der Waals surface area contributed by atoms with Gasteiger partial charge in [-0.1, -0.05) is 32.9 Å². The average molecular weight is 434 g/mol. The molecule has 0 aliphatic carbocycles. The Labute approximate surface area is 186 Å². The molecule has 174 valence electrons. The molecule has 0 aliphatic rings. The number of hydrogen-bond donors (Lipinski definition) is 5. The van der Waals surface area contributed by atoms with Gasteiger partial charge in [-0.25, -0.2) is 4.79 Å². The second kappa shape index (κ2) is 11.1. The minimum Gasteiger partial charge on any atom is -0.352 e. The molecule has 0 bridgehead atoms. The molecule has 0 heterocycles. The smallest absolute Gasteiger partial charge is 0.312 e. The average Bonchev–Trinajstić information content (AvgIpc) is 2.62. The molecule has 0 fully saturated rings. The van der Waals surface area contributed by atoms with E-state index in [0.29, 0.717) is 25.1 Å². The molecular formula is C23H39N5O3. The first-order valence-electron chi connectivity index (χ1n) is 10.7. The second-order valence-corrected chi connectivity index (χ2v) is 9.93. The summed E-state index contributed by atoms with van der Waals surface area (Å²) in [5.41, 5.74) is 6.68. The van der Waals surface area contributed by atoms with Gasteiger partial charge in [-0.3, -0.25) is 9.59 Å². The van der Waals surface area contributed by atoms with Crippen molar-refractivity contribution in [1.29, 1.82) is 0 Å². The number of rotatable bonds is 9. The standard InChI is InChI=1S/C23H39N5O3/c1-15(28-23(5,6)7)19(29)27-18(9-8-14-25-21(24)31)20(30)26-17-12-10-16(11-13-17)22(2,3)4/h10-13,15,18,28H,8-9,14H2,1-7H3,(H,26,30)(H,27,29)(H3,24,25,31)/t15?,18-/m0/s1. The van der Waals surface area contributed by atoms with E-state index in [2.05, 4.69) is 42.0 Å². The Balaban J connectivity index is 2.84. The zero-order valence-corrected chi connectivity index (χ0v) is 19.9. The molecule has 6 N–H and O–H groups in total. The number of nitrogens with one attached hydrogen (secondary N) is 4. The molecule has 4 amide bonds. The third-order valence-corrected chi connectivity index (χ3v) is 4.66. The van der Waals surface area contributed by atoms with Crippen molar-refractivity contribution in [2.45, 2.75) is 84.3 Å². The number of hydrogen-bond acceptors (Lipinski definition) is 4. The van der Waals surface area contributed by atoms with E-state index in [0.717, 1.165) is 5.56 Å². The van der Waals surface area contributed by atoms with E-state index in [4.69, 9.17) is 5.73 Å². The highest BCUT2D eigenvalue weighted by Gasteiger charge is 2.25. The highest BCUT2D eigenvalue weighted by atomic mass is 16.2. The molecule has 0 aliphatic heterocycles. The van der Waals surface area contributed by atoms with E-state index in [-0.39, 0.29) is 22.8 Å². The zero-order chi connectivity index (χ0) is 23.8. The summed E-state index contributed by atoms with van der Waals surface area (Å²) in [4.78, 5) is 36.4. The summed E-state index contributed by atoms with van der Waals surface area (Å²) in [7, 11) is 0. The first kappa shape index (κ1) is 26.4. The van der Waals surface area contributed by atoms with Gasteiger partial charge in [0.25, 0.3) is 0 Å². The van der Waals surface area contributed by atoms with Crippen molar-refractivity contribution in [2.24, 2.45) is 5.73 Å². The number of benzene rings is 1. The minimum absolute atomic E-state index is 0.0165. The summed E-state index contributed by atoms with van der Waals surface area (Å²) in [6.07, 6.45) is 0.853. The van der Waals surface area contributed by atoms with Crippen molar-refractivity contribution in [1.82, 2.24) is 16.0 Å². The first-order chi connectivity index (χ1) is 14.2. The molecule has 2 atom stereocenters. The number of urea groups is 1. The maximum Gasteiger partial charge on any atom is 0.312 e. The molecule has 0 radical (unpaired) electrons. The van der Waals surface area contributed by atoms with Crippen LogP contribution in [0.5, 0.6) is 0 Å². The summed E-state index contributed by atoms with van der Waals surface area (Å²) in [6.45, 7) is 14.4. The van der Waals surface area contributed by atoms with E-state index in [1.165, 1.54) is 0 Å². The lowest BCUT2D eigenvalue weighted by atomic mass is 9.87. The lowest BCUT2D eigenvalue weighted by Gasteiger charge is -2.27. The molecular weight excluding hydrogens is 394 g/mol. The third-order valence-electron chi connectivity index (χ3n) is 4.66. The maximum absolute atomic E-state index is 12.9. The van der Waals surface area contributed by atoms with Gasteiger partial charge in [0.05, 0.1) is 6.04 Å². The fraction of sp³-hybridized carbons (Fsp3) is 0.609. The van der Waals surface area contributed by atoms with Gasteiger partial charge in [0.2, 0.25) is 11.8 Å². The summed E-state index contributed by atoms with van der Waals surface area (Å²) < 4.78 is 0. The molecule has 1 aromatic rings. The normalized spacial score (nSPS) is 13.8. The molecule has 0 saturated heterocycles. The Morgan fingerprint density at radius 3 is 2.03 bits per heavy atom. The van der Waals surface area contributed by atoms with E-state index in [1.54, 1.807) is 6.92 Å². The Morgan fingerprint density at radius 2 is 1.55 bits per heavy atom. The van der Waals surface area contributed by atoms with Crippen molar-refractivity contribution >= 4 is 23.5 Å². The van der Waals surface area contributed by atoms with Gasteiger partial charge in [0.15, 0.2) is 0 Å². The molecule has 1 unspecified atom stereocenters. The Hall–Kier alpha value is -2.61. The van der Waals surface area contributed by atoms with Crippen LogP contribution in [0.25, 0.3) is 0 Å². The number of amides is 4. The van der Waals surface area contributed by atoms with Crippen LogP contribution in [0.1, 0.15) is 66.9 Å². The van der Waals surface area contributed by atoms with Crippen LogP contribution in [0.3, 0.4) is 0 Å². The molecule has 1 aromatic carbocycles. The van der Waals surface area contributed by atoms with Crippen molar-refractivity contribution in [3.8, 4) is 0 Å². The zero-order valence-electron chi connectivity index (χ0n) is 19.9. The third kappa shape index (κ3) is 10.3. The van der Waals surface area contributed by atoms with Crippen LogP contribution in [0.15, 0.2) is 24.3 Å². The summed E-state index contributed by atoms with van der Waals surface area (Å²) in [6, 6.07) is 5.85. The van der Waals surface area contributed by atoms with Gasteiger partial charge in [-0.15, -0.1) is 0 Å². The minimum atomic E-state index is -0.742. The first-order valence-corrected chi connectivity index (χ1v) is 10.7. The second-order valence-electron chi connectivity index (χ2n) is 9.93.